The number of carbonyl (C=O) groups is 2. The van der Waals surface area contributed by atoms with Gasteiger partial charge in [0.15, 0.2) is 6.61 Å². The summed E-state index contributed by atoms with van der Waals surface area (Å²) in [5.41, 5.74) is 1.42. The van der Waals surface area contributed by atoms with E-state index < -0.39 is 11.9 Å². The molecule has 1 N–H and O–H groups in total. The third-order valence-electron chi connectivity index (χ3n) is 3.43. The third kappa shape index (κ3) is 5.25. The summed E-state index contributed by atoms with van der Waals surface area (Å²) in [4.78, 5) is 23.7. The smallest absolute Gasteiger partial charge is 0.306 e. The number of hydrogen-bond donors (Lipinski definition) is 1. The van der Waals surface area contributed by atoms with Crippen LogP contribution in [0.4, 0.5) is 5.69 Å². The zero-order chi connectivity index (χ0) is 17.5. The number of amides is 1. The normalized spacial score (nSPS) is 11.6. The van der Waals surface area contributed by atoms with Crippen molar-refractivity contribution in [1.29, 1.82) is 0 Å². The fraction of sp³-hybridized carbons (Fsp3) is 0.222. The standard InChI is InChI=1S/C18H17Cl2NO3/c1-12(13-6-3-2-4-7-13)10-17(23)24-11-16(22)21-15-9-5-8-14(19)18(15)20/h2-9,12H,10-11H2,1H3,(H,21,22)/t12-/m1/s1. The van der Waals surface area contributed by atoms with Crippen molar-refractivity contribution in [3.63, 3.8) is 0 Å². The molecule has 0 saturated carbocycles. The highest BCUT2D eigenvalue weighted by Crippen LogP contribution is 2.29. The molecule has 0 aromatic heterocycles. The topological polar surface area (TPSA) is 55.4 Å². The van der Waals surface area contributed by atoms with Gasteiger partial charge in [0.2, 0.25) is 0 Å². The molecule has 0 radical (unpaired) electrons. The molecule has 4 nitrogen and oxygen atoms in total. The van der Waals surface area contributed by atoms with E-state index in [0.717, 1.165) is 5.56 Å². The van der Waals surface area contributed by atoms with Gasteiger partial charge < -0.3 is 10.1 Å². The summed E-state index contributed by atoms with van der Waals surface area (Å²) in [7, 11) is 0. The Labute approximate surface area is 150 Å². The van der Waals surface area contributed by atoms with Gasteiger partial charge in [-0.25, -0.2) is 0 Å². The molecule has 6 heteroatoms. The lowest BCUT2D eigenvalue weighted by Gasteiger charge is -2.12. The maximum atomic E-state index is 11.9. The molecule has 2 rings (SSSR count). The van der Waals surface area contributed by atoms with Gasteiger partial charge in [0.05, 0.1) is 22.2 Å². The van der Waals surface area contributed by atoms with Crippen molar-refractivity contribution in [2.45, 2.75) is 19.3 Å². The van der Waals surface area contributed by atoms with Crippen LogP contribution < -0.4 is 5.32 Å². The second-order valence-electron chi connectivity index (χ2n) is 5.33. The van der Waals surface area contributed by atoms with E-state index >= 15 is 0 Å². The molecule has 0 fully saturated rings. The Morgan fingerprint density at radius 1 is 1.08 bits per heavy atom. The van der Waals surface area contributed by atoms with Crippen LogP contribution in [0.25, 0.3) is 0 Å². The van der Waals surface area contributed by atoms with Gasteiger partial charge in [-0.1, -0.05) is 66.5 Å². The summed E-state index contributed by atoms with van der Waals surface area (Å²) >= 11 is 11.9. The lowest BCUT2D eigenvalue weighted by molar-refractivity contribution is -0.147. The Kier molecular flexibility index (Phi) is 6.64. The van der Waals surface area contributed by atoms with Gasteiger partial charge in [-0.2, -0.15) is 0 Å². The maximum absolute atomic E-state index is 11.9. The van der Waals surface area contributed by atoms with Crippen LogP contribution in [0, 0.1) is 0 Å². The van der Waals surface area contributed by atoms with Gasteiger partial charge in [0.25, 0.3) is 5.91 Å². The number of nitrogens with one attached hydrogen (secondary N) is 1. The van der Waals surface area contributed by atoms with E-state index in [4.69, 9.17) is 27.9 Å². The first-order valence-electron chi connectivity index (χ1n) is 7.42. The fourth-order valence-electron chi connectivity index (χ4n) is 2.14. The Morgan fingerprint density at radius 2 is 1.79 bits per heavy atom. The molecule has 0 spiro atoms. The predicted molar refractivity (Wildman–Crippen MR) is 95.5 cm³/mol. The number of hydrogen-bond acceptors (Lipinski definition) is 3. The molecular weight excluding hydrogens is 349 g/mol. The Bertz CT molecular complexity index is 719. The molecule has 24 heavy (non-hydrogen) atoms. The van der Waals surface area contributed by atoms with Crippen LogP contribution in [0.3, 0.4) is 0 Å². The lowest BCUT2D eigenvalue weighted by Crippen LogP contribution is -2.21. The fourth-order valence-corrected chi connectivity index (χ4v) is 2.49. The number of rotatable bonds is 6. The molecule has 126 valence electrons. The second kappa shape index (κ2) is 8.71. The Balaban J connectivity index is 1.81. The Hall–Kier alpha value is -2.04. The number of halogens is 2. The average Bonchev–Trinajstić information content (AvgIpc) is 2.58. The summed E-state index contributed by atoms with van der Waals surface area (Å²) < 4.78 is 5.01. The summed E-state index contributed by atoms with van der Waals surface area (Å²) in [6.45, 7) is 1.56. The van der Waals surface area contributed by atoms with E-state index in [0.29, 0.717) is 10.7 Å². The molecule has 2 aromatic rings. The first kappa shape index (κ1) is 18.3. The van der Waals surface area contributed by atoms with E-state index in [9.17, 15) is 9.59 Å². The summed E-state index contributed by atoms with van der Waals surface area (Å²) in [5.74, 6) is -0.886. The summed E-state index contributed by atoms with van der Waals surface area (Å²) in [6, 6.07) is 14.5. The zero-order valence-corrected chi connectivity index (χ0v) is 14.6. The van der Waals surface area contributed by atoms with Crippen molar-refractivity contribution in [3.8, 4) is 0 Å². The highest BCUT2D eigenvalue weighted by atomic mass is 35.5. The first-order chi connectivity index (χ1) is 11.5. The molecule has 0 aliphatic carbocycles. The number of esters is 1. The lowest BCUT2D eigenvalue weighted by atomic mass is 9.98. The minimum atomic E-state index is -0.472. The SMILES string of the molecule is C[C@H](CC(=O)OCC(=O)Nc1cccc(Cl)c1Cl)c1ccccc1. The summed E-state index contributed by atoms with van der Waals surface area (Å²) in [5, 5.41) is 3.14. The van der Waals surface area contributed by atoms with Gasteiger partial charge in [0.1, 0.15) is 0 Å². The molecule has 0 aliphatic heterocycles. The first-order valence-corrected chi connectivity index (χ1v) is 8.17. The van der Waals surface area contributed by atoms with Crippen molar-refractivity contribution in [2.24, 2.45) is 0 Å². The van der Waals surface area contributed by atoms with E-state index in [2.05, 4.69) is 5.32 Å². The number of benzene rings is 2. The second-order valence-corrected chi connectivity index (χ2v) is 6.11. The largest absolute Gasteiger partial charge is 0.456 e. The molecule has 0 heterocycles. The van der Waals surface area contributed by atoms with Crippen LogP contribution in [0.1, 0.15) is 24.8 Å². The molecule has 1 atom stereocenters. The zero-order valence-electron chi connectivity index (χ0n) is 13.1. The van der Waals surface area contributed by atoms with E-state index in [1.165, 1.54) is 0 Å². The van der Waals surface area contributed by atoms with Gasteiger partial charge in [-0.3, -0.25) is 9.59 Å². The highest BCUT2D eigenvalue weighted by molar-refractivity contribution is 6.43. The third-order valence-corrected chi connectivity index (χ3v) is 4.25. The van der Waals surface area contributed by atoms with E-state index in [-0.39, 0.29) is 24.0 Å². The number of ether oxygens (including phenoxy) is 1. The van der Waals surface area contributed by atoms with Crippen LogP contribution in [0.15, 0.2) is 48.5 Å². The molecule has 1 amide bonds. The predicted octanol–water partition coefficient (Wildman–Crippen LogP) is 4.67. The van der Waals surface area contributed by atoms with Gasteiger partial charge in [0, 0.05) is 0 Å². The minimum Gasteiger partial charge on any atom is -0.456 e. The highest BCUT2D eigenvalue weighted by Gasteiger charge is 2.14. The summed E-state index contributed by atoms with van der Waals surface area (Å²) in [6.07, 6.45) is 0.204. The maximum Gasteiger partial charge on any atom is 0.306 e. The monoisotopic (exact) mass is 365 g/mol. The molecule has 0 saturated heterocycles. The van der Waals surface area contributed by atoms with Crippen LogP contribution in [0.5, 0.6) is 0 Å². The van der Waals surface area contributed by atoms with Gasteiger partial charge in [-0.15, -0.1) is 0 Å². The van der Waals surface area contributed by atoms with Crippen molar-refractivity contribution in [3.05, 3.63) is 64.1 Å². The van der Waals surface area contributed by atoms with Gasteiger partial charge >= 0.3 is 5.97 Å². The van der Waals surface area contributed by atoms with Crippen molar-refractivity contribution < 1.29 is 14.3 Å². The molecule has 2 aromatic carbocycles. The van der Waals surface area contributed by atoms with Crippen LogP contribution in [-0.2, 0) is 14.3 Å². The van der Waals surface area contributed by atoms with Crippen molar-refractivity contribution in [1.82, 2.24) is 0 Å². The van der Waals surface area contributed by atoms with E-state index in [1.807, 2.05) is 37.3 Å². The Morgan fingerprint density at radius 3 is 2.50 bits per heavy atom. The van der Waals surface area contributed by atoms with E-state index in [1.54, 1.807) is 18.2 Å². The number of anilines is 1. The molecule has 0 aliphatic rings. The number of carbonyl (C=O) groups excluding carboxylic acids is 2. The molecule has 0 bridgehead atoms. The minimum absolute atomic E-state index is 0.0177. The van der Waals surface area contributed by atoms with Gasteiger partial charge in [-0.05, 0) is 23.6 Å². The van der Waals surface area contributed by atoms with Crippen molar-refractivity contribution in [2.75, 3.05) is 11.9 Å². The van der Waals surface area contributed by atoms with Crippen LogP contribution in [-0.4, -0.2) is 18.5 Å². The van der Waals surface area contributed by atoms with Crippen LogP contribution >= 0.6 is 23.2 Å². The average molecular weight is 366 g/mol. The quantitative estimate of drug-likeness (QED) is 0.756. The van der Waals surface area contributed by atoms with Crippen molar-refractivity contribution >= 4 is 40.8 Å². The molecular formula is C18H17Cl2NO3. The van der Waals surface area contributed by atoms with Crippen LogP contribution in [0.2, 0.25) is 10.0 Å². The molecule has 0 unspecified atom stereocenters.